The smallest absolute Gasteiger partial charge is 0.0540 e. The van der Waals surface area contributed by atoms with Crippen molar-refractivity contribution in [1.29, 1.82) is 0 Å². The molecule has 0 radical (unpaired) electrons. The SMILES string of the molecule is c1ccc(-c2cccc(-c3ccc(N(c4ccc(-c5cccc6sc7ccccc7c56)cc4)c4ccccc4-c4ccc5ccccc5c4)cc3)c2)cc1. The van der Waals surface area contributed by atoms with Gasteiger partial charge in [-0.1, -0.05) is 158 Å². The van der Waals surface area contributed by atoms with Crippen molar-refractivity contribution in [1.82, 2.24) is 0 Å². The molecule has 10 aromatic rings. The predicted molar refractivity (Wildman–Crippen MR) is 233 cm³/mol. The highest BCUT2D eigenvalue weighted by Gasteiger charge is 2.19. The van der Waals surface area contributed by atoms with E-state index in [1.165, 1.54) is 75.5 Å². The topological polar surface area (TPSA) is 3.24 Å². The summed E-state index contributed by atoms with van der Waals surface area (Å²) in [5.41, 5.74) is 13.0. The Hall–Kier alpha value is -6.74. The molecule has 0 N–H and O–H groups in total. The lowest BCUT2D eigenvalue weighted by molar-refractivity contribution is 1.28. The summed E-state index contributed by atoms with van der Waals surface area (Å²) in [7, 11) is 0. The summed E-state index contributed by atoms with van der Waals surface area (Å²) in [5, 5.41) is 5.12. The van der Waals surface area contributed by atoms with E-state index in [-0.39, 0.29) is 0 Å². The van der Waals surface area contributed by atoms with Crippen LogP contribution in [0.15, 0.2) is 212 Å². The molecule has 0 aliphatic carbocycles. The number of fused-ring (bicyclic) bond motifs is 4. The molecule has 1 aromatic heterocycles. The highest BCUT2D eigenvalue weighted by atomic mass is 32.1. The van der Waals surface area contributed by atoms with Gasteiger partial charge < -0.3 is 4.90 Å². The molecular weight excluding hydrogens is 671 g/mol. The number of hydrogen-bond acceptors (Lipinski definition) is 2. The van der Waals surface area contributed by atoms with Gasteiger partial charge in [0.15, 0.2) is 0 Å². The van der Waals surface area contributed by atoms with Crippen molar-refractivity contribution < 1.29 is 0 Å². The van der Waals surface area contributed by atoms with Gasteiger partial charge in [-0.25, -0.2) is 0 Å². The molecule has 0 aliphatic rings. The Labute approximate surface area is 319 Å². The standard InChI is InChI=1S/C52H35NS/c1-2-12-36(13-3-1)41-16-10-17-42(34-41)38-26-30-44(31-27-38)53(49-21-8-6-18-46(49)43-25-24-37-14-4-5-15-40(37)35-43)45-32-28-39(29-33-45)47-20-11-23-51-52(47)48-19-7-9-22-50(48)54-51/h1-35H. The first-order chi connectivity index (χ1) is 26.8. The van der Waals surface area contributed by atoms with Crippen LogP contribution in [0.25, 0.3) is 75.5 Å². The minimum atomic E-state index is 1.10. The van der Waals surface area contributed by atoms with Crippen LogP contribution in [-0.2, 0) is 0 Å². The van der Waals surface area contributed by atoms with E-state index in [0.29, 0.717) is 0 Å². The van der Waals surface area contributed by atoms with Crippen molar-refractivity contribution in [3.8, 4) is 44.5 Å². The lowest BCUT2D eigenvalue weighted by Crippen LogP contribution is -2.11. The second kappa shape index (κ2) is 13.7. The molecule has 0 atom stereocenters. The lowest BCUT2D eigenvalue weighted by Gasteiger charge is -2.28. The van der Waals surface area contributed by atoms with Gasteiger partial charge in [-0.3, -0.25) is 0 Å². The minimum Gasteiger partial charge on any atom is -0.310 e. The Kier molecular flexibility index (Phi) is 8.09. The van der Waals surface area contributed by atoms with Crippen LogP contribution in [0.2, 0.25) is 0 Å². The van der Waals surface area contributed by atoms with Gasteiger partial charge in [-0.05, 0) is 104 Å². The Balaban J connectivity index is 1.09. The molecule has 0 saturated heterocycles. The quantitative estimate of drug-likeness (QED) is 0.160. The van der Waals surface area contributed by atoms with Crippen molar-refractivity contribution in [3.05, 3.63) is 212 Å². The van der Waals surface area contributed by atoms with E-state index in [0.717, 1.165) is 17.1 Å². The summed E-state index contributed by atoms with van der Waals surface area (Å²) in [6, 6.07) is 77.1. The first kappa shape index (κ1) is 32.0. The zero-order valence-corrected chi connectivity index (χ0v) is 30.4. The number of hydrogen-bond donors (Lipinski definition) is 0. The lowest BCUT2D eigenvalue weighted by atomic mass is 9.97. The van der Waals surface area contributed by atoms with Crippen LogP contribution in [-0.4, -0.2) is 0 Å². The van der Waals surface area contributed by atoms with Crippen molar-refractivity contribution in [2.45, 2.75) is 0 Å². The monoisotopic (exact) mass is 705 g/mol. The second-order valence-electron chi connectivity index (χ2n) is 13.7. The molecular formula is C52H35NS. The molecule has 0 unspecified atom stereocenters. The molecule has 1 heterocycles. The number of nitrogens with zero attached hydrogens (tertiary/aromatic N) is 1. The second-order valence-corrected chi connectivity index (χ2v) is 14.8. The van der Waals surface area contributed by atoms with Crippen molar-refractivity contribution in [2.24, 2.45) is 0 Å². The normalized spacial score (nSPS) is 11.3. The van der Waals surface area contributed by atoms with Gasteiger partial charge in [0.1, 0.15) is 0 Å². The maximum Gasteiger partial charge on any atom is 0.0540 e. The number of para-hydroxylation sites is 1. The van der Waals surface area contributed by atoms with Crippen LogP contribution in [0, 0.1) is 0 Å². The molecule has 0 saturated carbocycles. The molecule has 254 valence electrons. The van der Waals surface area contributed by atoms with E-state index in [4.69, 9.17) is 0 Å². The molecule has 0 fully saturated rings. The van der Waals surface area contributed by atoms with Crippen LogP contribution in [0.1, 0.15) is 0 Å². The summed E-state index contributed by atoms with van der Waals surface area (Å²) in [5.74, 6) is 0. The van der Waals surface area contributed by atoms with Gasteiger partial charge >= 0.3 is 0 Å². The molecule has 10 rings (SSSR count). The van der Waals surface area contributed by atoms with Crippen molar-refractivity contribution in [3.63, 3.8) is 0 Å². The van der Waals surface area contributed by atoms with E-state index < -0.39 is 0 Å². The molecule has 0 bridgehead atoms. The van der Waals surface area contributed by atoms with Gasteiger partial charge in [0, 0.05) is 37.1 Å². The number of benzene rings is 9. The largest absolute Gasteiger partial charge is 0.310 e. The van der Waals surface area contributed by atoms with Crippen molar-refractivity contribution in [2.75, 3.05) is 4.90 Å². The maximum absolute atomic E-state index is 2.40. The zero-order chi connectivity index (χ0) is 35.8. The summed E-state index contributed by atoms with van der Waals surface area (Å²) < 4.78 is 2.64. The highest BCUT2D eigenvalue weighted by molar-refractivity contribution is 7.25. The third-order valence-electron chi connectivity index (χ3n) is 10.5. The van der Waals surface area contributed by atoms with Gasteiger partial charge in [0.05, 0.1) is 5.69 Å². The average Bonchev–Trinajstić information content (AvgIpc) is 3.64. The number of thiophene rings is 1. The molecule has 1 nitrogen and oxygen atoms in total. The molecule has 54 heavy (non-hydrogen) atoms. The molecule has 0 aliphatic heterocycles. The fraction of sp³-hybridized carbons (Fsp3) is 0. The van der Waals surface area contributed by atoms with E-state index >= 15 is 0 Å². The van der Waals surface area contributed by atoms with Crippen LogP contribution >= 0.6 is 11.3 Å². The Morgan fingerprint density at radius 3 is 1.67 bits per heavy atom. The van der Waals surface area contributed by atoms with Crippen LogP contribution in [0.5, 0.6) is 0 Å². The van der Waals surface area contributed by atoms with Gasteiger partial charge in [-0.2, -0.15) is 0 Å². The summed E-state index contributed by atoms with van der Waals surface area (Å²) in [4.78, 5) is 2.40. The van der Waals surface area contributed by atoms with Gasteiger partial charge in [0.25, 0.3) is 0 Å². The predicted octanol–water partition coefficient (Wildman–Crippen LogP) is 15.3. The number of anilines is 3. The first-order valence-electron chi connectivity index (χ1n) is 18.4. The molecule has 0 spiro atoms. The Morgan fingerprint density at radius 1 is 0.315 bits per heavy atom. The number of rotatable bonds is 7. The van der Waals surface area contributed by atoms with Crippen molar-refractivity contribution >= 4 is 59.3 Å². The van der Waals surface area contributed by atoms with Crippen LogP contribution in [0.4, 0.5) is 17.1 Å². The maximum atomic E-state index is 2.40. The summed E-state index contributed by atoms with van der Waals surface area (Å²) >= 11 is 1.86. The highest BCUT2D eigenvalue weighted by Crippen LogP contribution is 2.44. The van der Waals surface area contributed by atoms with E-state index in [1.54, 1.807) is 0 Å². The third kappa shape index (κ3) is 5.84. The first-order valence-corrected chi connectivity index (χ1v) is 19.2. The van der Waals surface area contributed by atoms with Crippen LogP contribution < -0.4 is 4.90 Å². The van der Waals surface area contributed by atoms with E-state index in [9.17, 15) is 0 Å². The Bertz CT molecular complexity index is 2920. The minimum absolute atomic E-state index is 1.10. The van der Waals surface area contributed by atoms with Gasteiger partial charge in [0.2, 0.25) is 0 Å². The van der Waals surface area contributed by atoms with E-state index in [2.05, 4.69) is 217 Å². The summed E-state index contributed by atoms with van der Waals surface area (Å²) in [6.07, 6.45) is 0. The van der Waals surface area contributed by atoms with Crippen LogP contribution in [0.3, 0.4) is 0 Å². The molecule has 9 aromatic carbocycles. The average molecular weight is 706 g/mol. The third-order valence-corrected chi connectivity index (χ3v) is 11.6. The zero-order valence-electron chi connectivity index (χ0n) is 29.6. The van der Waals surface area contributed by atoms with Gasteiger partial charge in [-0.15, -0.1) is 11.3 Å². The summed E-state index contributed by atoms with van der Waals surface area (Å²) in [6.45, 7) is 0. The Morgan fingerprint density at radius 2 is 0.870 bits per heavy atom. The fourth-order valence-corrected chi connectivity index (χ4v) is 8.95. The molecule has 2 heteroatoms. The molecule has 0 amide bonds. The van der Waals surface area contributed by atoms with E-state index in [1.807, 2.05) is 11.3 Å². The fourth-order valence-electron chi connectivity index (χ4n) is 7.81.